The lowest BCUT2D eigenvalue weighted by atomic mass is 9.81. The van der Waals surface area contributed by atoms with Gasteiger partial charge in [0.15, 0.2) is 0 Å². The van der Waals surface area contributed by atoms with E-state index in [0.717, 1.165) is 25.7 Å². The summed E-state index contributed by atoms with van der Waals surface area (Å²) in [4.78, 5) is 19.7. The maximum Gasteiger partial charge on any atom is 0.228 e. The first kappa shape index (κ1) is 14.5. The second kappa shape index (κ2) is 6.50. The summed E-state index contributed by atoms with van der Waals surface area (Å²) in [6.07, 6.45) is 3.72. The van der Waals surface area contributed by atoms with E-state index in [-0.39, 0.29) is 22.3 Å². The van der Waals surface area contributed by atoms with Crippen molar-refractivity contribution in [2.45, 2.75) is 25.7 Å². The maximum atomic E-state index is 12.1. The van der Waals surface area contributed by atoms with Crippen molar-refractivity contribution >= 4 is 34.9 Å². The van der Waals surface area contributed by atoms with E-state index in [0.29, 0.717) is 18.3 Å². The van der Waals surface area contributed by atoms with Gasteiger partial charge in [0, 0.05) is 12.0 Å². The van der Waals surface area contributed by atoms with E-state index in [9.17, 15) is 4.79 Å². The van der Waals surface area contributed by atoms with Crippen LogP contribution in [-0.4, -0.2) is 22.4 Å². The van der Waals surface area contributed by atoms with Crippen LogP contribution in [-0.2, 0) is 4.79 Å². The molecule has 1 saturated carbocycles. The number of nitrogens with one attached hydrogen (secondary N) is 1. The number of aromatic nitrogens is 2. The molecule has 0 aromatic carbocycles. The van der Waals surface area contributed by atoms with Crippen LogP contribution in [0.3, 0.4) is 0 Å². The fourth-order valence-electron chi connectivity index (χ4n) is 2.34. The molecule has 0 spiro atoms. The lowest BCUT2D eigenvalue weighted by Crippen LogP contribution is -2.29. The Morgan fingerprint density at radius 2 is 2.00 bits per heavy atom. The molecule has 5 nitrogen and oxygen atoms in total. The van der Waals surface area contributed by atoms with Crippen molar-refractivity contribution in [2.75, 3.05) is 11.9 Å². The minimum absolute atomic E-state index is 0.00955. The van der Waals surface area contributed by atoms with Gasteiger partial charge in [-0.2, -0.15) is 0 Å². The summed E-state index contributed by atoms with van der Waals surface area (Å²) in [7, 11) is 0. The number of hydrogen-bond acceptors (Lipinski definition) is 4. The summed E-state index contributed by atoms with van der Waals surface area (Å²) in [6.45, 7) is 0.700. The van der Waals surface area contributed by atoms with Gasteiger partial charge in [-0.25, -0.2) is 9.97 Å². The molecular formula is C12H16Cl2N4O. The van der Waals surface area contributed by atoms with Gasteiger partial charge >= 0.3 is 0 Å². The average Bonchev–Trinajstić information content (AvgIpc) is 2.37. The Hall–Kier alpha value is -0.910. The van der Waals surface area contributed by atoms with Gasteiger partial charge in [-0.05, 0) is 49.7 Å². The molecule has 1 aliphatic carbocycles. The Morgan fingerprint density at radius 1 is 1.32 bits per heavy atom. The Bertz CT molecular complexity index is 441. The summed E-state index contributed by atoms with van der Waals surface area (Å²) in [5.74, 6) is 0.861. The van der Waals surface area contributed by atoms with Crippen LogP contribution in [0.25, 0.3) is 0 Å². The quantitative estimate of drug-likeness (QED) is 0.664. The monoisotopic (exact) mass is 302 g/mol. The SMILES string of the molecule is NCC1CCC(C(=O)Nc2cc(Cl)nc(Cl)n2)CC1. The number of carbonyl (C=O) groups is 1. The Balaban J connectivity index is 1.94. The van der Waals surface area contributed by atoms with Crippen LogP contribution < -0.4 is 11.1 Å². The minimum atomic E-state index is -0.0405. The average molecular weight is 303 g/mol. The lowest BCUT2D eigenvalue weighted by Gasteiger charge is -2.26. The first-order valence-corrected chi connectivity index (χ1v) is 7.05. The van der Waals surface area contributed by atoms with E-state index in [4.69, 9.17) is 28.9 Å². The molecule has 104 valence electrons. The van der Waals surface area contributed by atoms with Crippen molar-refractivity contribution in [1.82, 2.24) is 9.97 Å². The number of hydrogen-bond donors (Lipinski definition) is 2. The summed E-state index contributed by atoms with van der Waals surface area (Å²) in [5.41, 5.74) is 5.63. The first-order valence-electron chi connectivity index (χ1n) is 6.29. The van der Waals surface area contributed by atoms with Gasteiger partial charge in [0.25, 0.3) is 0 Å². The zero-order valence-electron chi connectivity index (χ0n) is 10.4. The molecule has 0 aliphatic heterocycles. The highest BCUT2D eigenvalue weighted by Crippen LogP contribution is 2.29. The molecule has 3 N–H and O–H groups in total. The van der Waals surface area contributed by atoms with Gasteiger partial charge < -0.3 is 11.1 Å². The third-order valence-electron chi connectivity index (χ3n) is 3.47. The fourth-order valence-corrected chi connectivity index (χ4v) is 2.75. The topological polar surface area (TPSA) is 80.9 Å². The van der Waals surface area contributed by atoms with E-state index < -0.39 is 0 Å². The molecule has 1 aromatic rings. The summed E-state index contributed by atoms with van der Waals surface area (Å²) >= 11 is 11.4. The third-order valence-corrected chi connectivity index (χ3v) is 3.83. The standard InChI is InChI=1S/C12H16Cl2N4O/c13-9-5-10(18-12(14)16-9)17-11(19)8-3-1-7(6-15)2-4-8/h5,7-8H,1-4,6,15H2,(H,16,17,18,19). The zero-order valence-corrected chi connectivity index (χ0v) is 11.9. The van der Waals surface area contributed by atoms with Crippen molar-refractivity contribution in [3.05, 3.63) is 16.5 Å². The molecule has 1 heterocycles. The number of anilines is 1. The van der Waals surface area contributed by atoms with E-state index in [1.54, 1.807) is 0 Å². The van der Waals surface area contributed by atoms with Crippen LogP contribution in [0.1, 0.15) is 25.7 Å². The highest BCUT2D eigenvalue weighted by Gasteiger charge is 2.25. The Kier molecular flexibility index (Phi) is 4.96. The third kappa shape index (κ3) is 4.03. The molecule has 0 radical (unpaired) electrons. The smallest absolute Gasteiger partial charge is 0.228 e. The van der Waals surface area contributed by atoms with Crippen molar-refractivity contribution < 1.29 is 4.79 Å². The van der Waals surface area contributed by atoms with Crippen LogP contribution >= 0.6 is 23.2 Å². The largest absolute Gasteiger partial charge is 0.330 e. The van der Waals surface area contributed by atoms with Crippen molar-refractivity contribution in [1.29, 1.82) is 0 Å². The first-order chi connectivity index (χ1) is 9.08. The molecule has 1 fully saturated rings. The number of rotatable bonds is 3. The van der Waals surface area contributed by atoms with Crippen LogP contribution in [0.2, 0.25) is 10.4 Å². The molecule has 0 unspecified atom stereocenters. The maximum absolute atomic E-state index is 12.1. The summed E-state index contributed by atoms with van der Waals surface area (Å²) in [6, 6.07) is 1.48. The zero-order chi connectivity index (χ0) is 13.8. The van der Waals surface area contributed by atoms with Gasteiger partial charge in [-0.1, -0.05) is 11.6 Å². The lowest BCUT2D eigenvalue weighted by molar-refractivity contribution is -0.121. The fraction of sp³-hybridized carbons (Fsp3) is 0.583. The molecule has 0 atom stereocenters. The Morgan fingerprint density at radius 3 is 2.58 bits per heavy atom. The van der Waals surface area contributed by atoms with Gasteiger partial charge in [-0.3, -0.25) is 4.79 Å². The number of nitrogens with two attached hydrogens (primary N) is 1. The van der Waals surface area contributed by atoms with Crippen LogP contribution in [0.15, 0.2) is 6.07 Å². The van der Waals surface area contributed by atoms with E-state index >= 15 is 0 Å². The summed E-state index contributed by atoms with van der Waals surface area (Å²) < 4.78 is 0. The van der Waals surface area contributed by atoms with Crippen LogP contribution in [0, 0.1) is 11.8 Å². The van der Waals surface area contributed by atoms with Crippen molar-refractivity contribution in [2.24, 2.45) is 17.6 Å². The molecule has 19 heavy (non-hydrogen) atoms. The highest BCUT2D eigenvalue weighted by atomic mass is 35.5. The van der Waals surface area contributed by atoms with Crippen molar-refractivity contribution in [3.63, 3.8) is 0 Å². The van der Waals surface area contributed by atoms with Gasteiger partial charge in [0.1, 0.15) is 11.0 Å². The number of halogens is 2. The van der Waals surface area contributed by atoms with Gasteiger partial charge in [0.05, 0.1) is 0 Å². The van der Waals surface area contributed by atoms with Crippen LogP contribution in [0.5, 0.6) is 0 Å². The molecule has 0 bridgehead atoms. The normalized spacial score (nSPS) is 23.1. The Labute approximate surface area is 121 Å². The van der Waals surface area contributed by atoms with Gasteiger partial charge in [0.2, 0.25) is 11.2 Å². The summed E-state index contributed by atoms with van der Waals surface area (Å²) in [5, 5.41) is 2.97. The van der Waals surface area contributed by atoms with E-state index in [1.165, 1.54) is 6.07 Å². The minimum Gasteiger partial charge on any atom is -0.330 e. The second-order valence-corrected chi connectivity index (χ2v) is 5.51. The molecule has 1 aromatic heterocycles. The number of nitrogens with zero attached hydrogens (tertiary/aromatic N) is 2. The van der Waals surface area contributed by atoms with E-state index in [1.807, 2.05) is 0 Å². The molecule has 0 saturated heterocycles. The number of amides is 1. The number of carbonyl (C=O) groups excluding carboxylic acids is 1. The molecule has 7 heteroatoms. The highest BCUT2D eigenvalue weighted by molar-refractivity contribution is 6.32. The van der Waals surface area contributed by atoms with Crippen molar-refractivity contribution in [3.8, 4) is 0 Å². The van der Waals surface area contributed by atoms with E-state index in [2.05, 4.69) is 15.3 Å². The second-order valence-electron chi connectivity index (χ2n) is 4.79. The molecule has 1 amide bonds. The molecule has 1 aliphatic rings. The van der Waals surface area contributed by atoms with Crippen LogP contribution in [0.4, 0.5) is 5.82 Å². The van der Waals surface area contributed by atoms with Gasteiger partial charge in [-0.15, -0.1) is 0 Å². The molecular weight excluding hydrogens is 287 g/mol. The predicted octanol–water partition coefficient (Wildman–Crippen LogP) is 2.49. The predicted molar refractivity (Wildman–Crippen MR) is 75.2 cm³/mol. The molecule has 2 rings (SSSR count).